The van der Waals surface area contributed by atoms with Gasteiger partial charge < -0.3 is 19.8 Å². The van der Waals surface area contributed by atoms with Crippen molar-refractivity contribution >= 4 is 12.1 Å². The van der Waals surface area contributed by atoms with Crippen molar-refractivity contribution in [3.8, 4) is 5.75 Å². The molecule has 1 aliphatic rings. The van der Waals surface area contributed by atoms with Gasteiger partial charge in [0.2, 0.25) is 0 Å². The van der Waals surface area contributed by atoms with E-state index in [1.807, 2.05) is 0 Å². The zero-order valence-electron chi connectivity index (χ0n) is 10.3. The van der Waals surface area contributed by atoms with E-state index in [2.05, 4.69) is 0 Å². The quantitative estimate of drug-likeness (QED) is 0.844. The normalized spacial score (nSPS) is 18.4. The first kappa shape index (κ1) is 13.2. The molecule has 19 heavy (non-hydrogen) atoms. The van der Waals surface area contributed by atoms with Gasteiger partial charge in [-0.15, -0.1) is 0 Å². The molecule has 6 heteroatoms. The lowest BCUT2D eigenvalue weighted by Gasteiger charge is -2.12. The number of hydrogen-bond donors (Lipinski definition) is 2. The molecule has 1 amide bonds. The Morgan fingerprint density at radius 1 is 1.47 bits per heavy atom. The fourth-order valence-electron chi connectivity index (χ4n) is 2.01. The molecule has 0 radical (unpaired) electrons. The molecule has 1 atom stereocenters. The highest BCUT2D eigenvalue weighted by molar-refractivity contribution is 5.70. The van der Waals surface area contributed by atoms with Crippen LogP contribution < -0.4 is 0 Å². The van der Waals surface area contributed by atoms with E-state index in [9.17, 15) is 14.7 Å². The molecule has 2 N–H and O–H groups in total. The number of carbonyl (C=O) groups is 2. The maximum Gasteiger partial charge on any atom is 0.410 e. The summed E-state index contributed by atoms with van der Waals surface area (Å²) in [7, 11) is 0. The van der Waals surface area contributed by atoms with Crippen LogP contribution >= 0.6 is 0 Å². The highest BCUT2D eigenvalue weighted by Gasteiger charge is 2.31. The summed E-state index contributed by atoms with van der Waals surface area (Å²) < 4.78 is 5.09. The fraction of sp³-hybridized carbons (Fsp3) is 0.385. The lowest BCUT2D eigenvalue weighted by molar-refractivity contribution is -0.137. The molecular formula is C13H15NO5. The van der Waals surface area contributed by atoms with Gasteiger partial charge in [-0.25, -0.2) is 4.79 Å². The predicted octanol–water partition coefficient (Wildman–Crippen LogP) is 1.58. The van der Waals surface area contributed by atoms with E-state index in [4.69, 9.17) is 9.84 Å². The van der Waals surface area contributed by atoms with Crippen LogP contribution in [0.5, 0.6) is 5.75 Å². The summed E-state index contributed by atoms with van der Waals surface area (Å²) in [5.74, 6) is -0.755. The molecule has 2 rings (SSSR count). The highest BCUT2D eigenvalue weighted by Crippen LogP contribution is 2.20. The Morgan fingerprint density at radius 2 is 2.26 bits per heavy atom. The van der Waals surface area contributed by atoms with E-state index in [1.54, 1.807) is 24.3 Å². The number of ether oxygens (including phenoxy) is 1. The van der Waals surface area contributed by atoms with Gasteiger partial charge in [-0.1, -0.05) is 12.1 Å². The fourth-order valence-corrected chi connectivity index (χ4v) is 2.01. The number of amides is 1. The predicted molar refractivity (Wildman–Crippen MR) is 65.7 cm³/mol. The monoisotopic (exact) mass is 265 g/mol. The molecule has 1 aliphatic heterocycles. The number of cyclic esters (lactones) is 1. The van der Waals surface area contributed by atoms with Crippen LogP contribution in [0, 0.1) is 0 Å². The number of aliphatic carboxylic acids is 1. The summed E-state index contributed by atoms with van der Waals surface area (Å²) in [4.78, 5) is 23.6. The first-order valence-electron chi connectivity index (χ1n) is 6.00. The number of benzene rings is 1. The number of hydrogen-bond acceptors (Lipinski definition) is 4. The summed E-state index contributed by atoms with van der Waals surface area (Å²) in [6.07, 6.45) is -0.519. The molecule has 1 saturated heterocycles. The van der Waals surface area contributed by atoms with Crippen molar-refractivity contribution in [2.75, 3.05) is 6.54 Å². The molecular weight excluding hydrogens is 250 g/mol. The van der Waals surface area contributed by atoms with Crippen LogP contribution in [0.3, 0.4) is 0 Å². The van der Waals surface area contributed by atoms with Crippen molar-refractivity contribution in [2.45, 2.75) is 25.5 Å². The van der Waals surface area contributed by atoms with Crippen molar-refractivity contribution in [3.05, 3.63) is 29.8 Å². The number of nitrogens with zero attached hydrogens (tertiary/aromatic N) is 1. The van der Waals surface area contributed by atoms with Crippen LogP contribution in [0.25, 0.3) is 0 Å². The number of phenolic OH excluding ortho intramolecular Hbond substituents is 1. The number of aromatic hydroxyl groups is 1. The van der Waals surface area contributed by atoms with Gasteiger partial charge in [0.15, 0.2) is 0 Å². The summed E-state index contributed by atoms with van der Waals surface area (Å²) in [5.41, 5.74) is 0.802. The molecule has 0 spiro atoms. The third-order valence-electron chi connectivity index (χ3n) is 2.91. The smallest absolute Gasteiger partial charge is 0.410 e. The SMILES string of the molecule is O=C(O)CCC1CN(Cc2cccc(O)c2)C(=O)O1. The third-order valence-corrected chi connectivity index (χ3v) is 2.91. The van der Waals surface area contributed by atoms with Crippen LogP contribution in [-0.2, 0) is 16.1 Å². The number of carboxylic acids is 1. The van der Waals surface area contributed by atoms with Gasteiger partial charge in [-0.05, 0) is 24.1 Å². The molecule has 0 aliphatic carbocycles. The second-order valence-electron chi connectivity index (χ2n) is 4.49. The molecule has 1 aromatic rings. The molecule has 0 aromatic heterocycles. The highest BCUT2D eigenvalue weighted by atomic mass is 16.6. The van der Waals surface area contributed by atoms with E-state index in [0.717, 1.165) is 5.56 Å². The number of phenols is 1. The maximum atomic E-state index is 11.6. The van der Waals surface area contributed by atoms with Gasteiger partial charge in [0.1, 0.15) is 11.9 Å². The van der Waals surface area contributed by atoms with E-state index >= 15 is 0 Å². The van der Waals surface area contributed by atoms with Gasteiger partial charge in [-0.2, -0.15) is 0 Å². The van der Waals surface area contributed by atoms with E-state index in [0.29, 0.717) is 19.5 Å². The minimum atomic E-state index is -0.900. The van der Waals surface area contributed by atoms with Crippen LogP contribution in [0.15, 0.2) is 24.3 Å². The topological polar surface area (TPSA) is 87.1 Å². The van der Waals surface area contributed by atoms with Gasteiger partial charge in [0, 0.05) is 13.0 Å². The summed E-state index contributed by atoms with van der Waals surface area (Å²) in [5, 5.41) is 17.9. The Kier molecular flexibility index (Phi) is 3.89. The van der Waals surface area contributed by atoms with E-state index < -0.39 is 12.1 Å². The average Bonchev–Trinajstić information content (AvgIpc) is 2.68. The van der Waals surface area contributed by atoms with Gasteiger partial charge >= 0.3 is 12.1 Å². The van der Waals surface area contributed by atoms with Crippen molar-refractivity contribution < 1.29 is 24.5 Å². The lowest BCUT2D eigenvalue weighted by Crippen LogP contribution is -2.24. The first-order valence-corrected chi connectivity index (χ1v) is 6.00. The molecule has 0 saturated carbocycles. The second kappa shape index (κ2) is 5.60. The molecule has 1 aromatic carbocycles. The Balaban J connectivity index is 1.91. The summed E-state index contributed by atoms with van der Waals surface area (Å²) >= 11 is 0. The Morgan fingerprint density at radius 3 is 2.95 bits per heavy atom. The van der Waals surface area contributed by atoms with Gasteiger partial charge in [0.05, 0.1) is 6.54 Å². The van der Waals surface area contributed by atoms with E-state index in [-0.39, 0.29) is 18.3 Å². The number of carbonyl (C=O) groups excluding carboxylic acids is 1. The van der Waals surface area contributed by atoms with Gasteiger partial charge in [-0.3, -0.25) is 4.79 Å². The minimum Gasteiger partial charge on any atom is -0.508 e. The Hall–Kier alpha value is -2.24. The molecule has 0 bridgehead atoms. The third kappa shape index (κ3) is 3.61. The molecule has 1 unspecified atom stereocenters. The van der Waals surface area contributed by atoms with Crippen molar-refractivity contribution in [1.82, 2.24) is 4.90 Å². The van der Waals surface area contributed by atoms with Gasteiger partial charge in [0.25, 0.3) is 0 Å². The average molecular weight is 265 g/mol. The van der Waals surface area contributed by atoms with Crippen molar-refractivity contribution in [3.63, 3.8) is 0 Å². The van der Waals surface area contributed by atoms with Crippen LogP contribution in [-0.4, -0.2) is 39.8 Å². The molecule has 1 heterocycles. The lowest BCUT2D eigenvalue weighted by atomic mass is 10.1. The standard InChI is InChI=1S/C13H15NO5/c15-10-3-1-2-9(6-10)7-14-8-11(19-13(14)18)4-5-12(16)17/h1-3,6,11,15H,4-5,7-8H2,(H,16,17). The Labute approximate surface area is 110 Å². The summed E-state index contributed by atoms with van der Waals surface area (Å²) in [6, 6.07) is 6.64. The number of carboxylic acid groups (broad SMARTS) is 1. The zero-order valence-corrected chi connectivity index (χ0v) is 10.3. The largest absolute Gasteiger partial charge is 0.508 e. The molecule has 1 fully saturated rings. The van der Waals surface area contributed by atoms with Crippen molar-refractivity contribution in [1.29, 1.82) is 0 Å². The van der Waals surface area contributed by atoms with E-state index in [1.165, 1.54) is 4.90 Å². The Bertz CT molecular complexity index is 488. The van der Waals surface area contributed by atoms with Crippen LogP contribution in [0.4, 0.5) is 4.79 Å². The molecule has 6 nitrogen and oxygen atoms in total. The first-order chi connectivity index (χ1) is 9.04. The number of rotatable bonds is 5. The van der Waals surface area contributed by atoms with Crippen LogP contribution in [0.2, 0.25) is 0 Å². The minimum absolute atomic E-state index is 0.0160. The summed E-state index contributed by atoms with van der Waals surface area (Å²) in [6.45, 7) is 0.721. The van der Waals surface area contributed by atoms with Crippen LogP contribution in [0.1, 0.15) is 18.4 Å². The van der Waals surface area contributed by atoms with Crippen molar-refractivity contribution in [2.24, 2.45) is 0 Å². The molecule has 102 valence electrons. The maximum absolute atomic E-state index is 11.6. The zero-order chi connectivity index (χ0) is 13.8. The second-order valence-corrected chi connectivity index (χ2v) is 4.49.